The molecule has 0 aliphatic carbocycles. The van der Waals surface area contributed by atoms with E-state index in [1.165, 1.54) is 0 Å². The molecule has 1 aliphatic heterocycles. The number of pyridine rings is 2. The summed E-state index contributed by atoms with van der Waals surface area (Å²) in [5, 5.41) is 0. The van der Waals surface area contributed by atoms with Crippen molar-refractivity contribution in [2.75, 3.05) is 45.3 Å². The average Bonchev–Trinajstić information content (AvgIpc) is 2.83. The van der Waals surface area contributed by atoms with Gasteiger partial charge >= 0.3 is 0 Å². The first kappa shape index (κ1) is 21.1. The Morgan fingerprint density at radius 3 is 2.35 bits per heavy atom. The molecule has 1 amide bonds. The number of ether oxygens (including phenoxy) is 2. The summed E-state index contributed by atoms with van der Waals surface area (Å²) in [6, 6.07) is 16.9. The van der Waals surface area contributed by atoms with Crippen LogP contribution in [0, 0.1) is 0 Å². The number of amides is 1. The van der Waals surface area contributed by atoms with Crippen molar-refractivity contribution in [3.63, 3.8) is 0 Å². The lowest BCUT2D eigenvalue weighted by Gasteiger charge is -2.35. The number of carbonyl (C=O) groups is 1. The number of nitrogens with zero attached hydrogens (tertiary/aromatic N) is 4. The molecule has 1 aromatic carbocycles. The van der Waals surface area contributed by atoms with Gasteiger partial charge in [-0.25, -0.2) is 9.97 Å². The third-order valence-corrected chi connectivity index (χ3v) is 5.68. The molecule has 160 valence electrons. The van der Waals surface area contributed by atoms with Crippen LogP contribution in [0.25, 0.3) is 11.3 Å². The molecule has 1 aliphatic rings. The number of benzene rings is 1. The zero-order chi connectivity index (χ0) is 21.8. The van der Waals surface area contributed by atoms with Crippen LogP contribution in [0.5, 0.6) is 11.5 Å². The second kappa shape index (κ2) is 9.34. The molecule has 3 aromatic rings. The highest BCUT2D eigenvalue weighted by Crippen LogP contribution is 2.31. The molecule has 0 spiro atoms. The third kappa shape index (κ3) is 4.64. The Kier molecular flexibility index (Phi) is 6.36. The van der Waals surface area contributed by atoms with E-state index in [0.717, 1.165) is 29.1 Å². The van der Waals surface area contributed by atoms with Gasteiger partial charge in [0.05, 0.1) is 19.9 Å². The lowest BCUT2D eigenvalue weighted by Crippen LogP contribution is -2.49. The first-order chi connectivity index (χ1) is 15.1. The maximum atomic E-state index is 13.1. The zero-order valence-electron chi connectivity index (χ0n) is 17.4. The number of hydrogen-bond acceptors (Lipinski definition) is 6. The van der Waals surface area contributed by atoms with Gasteiger partial charge in [0.15, 0.2) is 11.5 Å². The smallest absolute Gasteiger partial charge is 0.272 e. The summed E-state index contributed by atoms with van der Waals surface area (Å²) in [7, 11) is 3.19. The van der Waals surface area contributed by atoms with Crippen LogP contribution >= 0.6 is 15.9 Å². The lowest BCUT2D eigenvalue weighted by atomic mass is 10.1. The van der Waals surface area contributed by atoms with Gasteiger partial charge in [-0.2, -0.15) is 0 Å². The van der Waals surface area contributed by atoms with Crippen LogP contribution < -0.4 is 14.4 Å². The topological polar surface area (TPSA) is 67.8 Å². The molecule has 3 heterocycles. The molecule has 0 radical (unpaired) electrons. The Labute approximate surface area is 189 Å². The van der Waals surface area contributed by atoms with E-state index >= 15 is 0 Å². The first-order valence-corrected chi connectivity index (χ1v) is 10.7. The van der Waals surface area contributed by atoms with Gasteiger partial charge in [0, 0.05) is 31.7 Å². The van der Waals surface area contributed by atoms with Crippen LogP contribution in [0.1, 0.15) is 10.5 Å². The minimum Gasteiger partial charge on any atom is -0.493 e. The van der Waals surface area contributed by atoms with Crippen LogP contribution in [0.15, 0.2) is 59.2 Å². The maximum absolute atomic E-state index is 13.1. The fraction of sp³-hybridized carbons (Fsp3) is 0.261. The Morgan fingerprint density at radius 2 is 1.65 bits per heavy atom. The van der Waals surface area contributed by atoms with Gasteiger partial charge in [-0.1, -0.05) is 12.1 Å². The van der Waals surface area contributed by atoms with Crippen LogP contribution in [0.2, 0.25) is 0 Å². The fourth-order valence-electron chi connectivity index (χ4n) is 3.58. The van der Waals surface area contributed by atoms with Crippen molar-refractivity contribution >= 4 is 27.7 Å². The molecule has 1 fully saturated rings. The SMILES string of the molecule is COc1ccc(-c2cccc(C(=O)N3CCN(c4cccc(Br)n4)CC3)n2)cc1OC. The Balaban J connectivity index is 1.48. The minimum absolute atomic E-state index is 0.0656. The van der Waals surface area contributed by atoms with Crippen molar-refractivity contribution in [1.29, 1.82) is 0 Å². The van der Waals surface area contributed by atoms with Gasteiger partial charge in [-0.05, 0) is 58.4 Å². The highest BCUT2D eigenvalue weighted by Gasteiger charge is 2.24. The molecule has 7 nitrogen and oxygen atoms in total. The summed E-state index contributed by atoms with van der Waals surface area (Å²) in [6.45, 7) is 2.69. The number of carbonyl (C=O) groups excluding carboxylic acids is 1. The number of hydrogen-bond donors (Lipinski definition) is 0. The standard InChI is InChI=1S/C23H23BrN4O3/c1-30-19-10-9-16(15-20(19)31-2)17-5-3-6-18(25-17)23(29)28-13-11-27(12-14-28)22-8-4-7-21(24)26-22/h3-10,15H,11-14H2,1-2H3. The monoisotopic (exact) mass is 482 g/mol. The molecule has 0 bridgehead atoms. The number of anilines is 1. The van der Waals surface area contributed by atoms with Crippen molar-refractivity contribution in [3.05, 3.63) is 64.9 Å². The molecule has 0 saturated carbocycles. The van der Waals surface area contributed by atoms with E-state index in [0.29, 0.717) is 36.0 Å². The van der Waals surface area contributed by atoms with Crippen LogP contribution in [0.3, 0.4) is 0 Å². The number of piperazine rings is 1. The van der Waals surface area contributed by atoms with E-state index in [4.69, 9.17) is 9.47 Å². The predicted molar refractivity (Wildman–Crippen MR) is 123 cm³/mol. The van der Waals surface area contributed by atoms with E-state index < -0.39 is 0 Å². The summed E-state index contributed by atoms with van der Waals surface area (Å²) < 4.78 is 11.5. The zero-order valence-corrected chi connectivity index (χ0v) is 19.0. The summed E-state index contributed by atoms with van der Waals surface area (Å²) in [5.74, 6) is 2.12. The van der Waals surface area contributed by atoms with Gasteiger partial charge in [0.25, 0.3) is 5.91 Å². The van der Waals surface area contributed by atoms with Crippen LogP contribution in [-0.4, -0.2) is 61.2 Å². The van der Waals surface area contributed by atoms with E-state index in [2.05, 4.69) is 30.8 Å². The highest BCUT2D eigenvalue weighted by atomic mass is 79.9. The van der Waals surface area contributed by atoms with E-state index in [1.54, 1.807) is 20.3 Å². The molecule has 31 heavy (non-hydrogen) atoms. The van der Waals surface area contributed by atoms with Crippen molar-refractivity contribution < 1.29 is 14.3 Å². The van der Waals surface area contributed by atoms with E-state index in [9.17, 15) is 4.79 Å². The summed E-state index contributed by atoms with van der Waals surface area (Å²) in [5.41, 5.74) is 2.00. The van der Waals surface area contributed by atoms with Crippen LogP contribution in [0.4, 0.5) is 5.82 Å². The van der Waals surface area contributed by atoms with Crippen molar-refractivity contribution in [1.82, 2.24) is 14.9 Å². The maximum Gasteiger partial charge on any atom is 0.272 e. The largest absolute Gasteiger partial charge is 0.493 e. The molecular formula is C23H23BrN4O3. The summed E-state index contributed by atoms with van der Waals surface area (Å²) >= 11 is 3.41. The number of methoxy groups -OCH3 is 2. The second-order valence-corrected chi connectivity index (χ2v) is 7.89. The van der Waals surface area contributed by atoms with E-state index in [-0.39, 0.29) is 5.91 Å². The van der Waals surface area contributed by atoms with Gasteiger partial charge in [0.1, 0.15) is 16.1 Å². The molecule has 4 rings (SSSR count). The Hall–Kier alpha value is -3.13. The van der Waals surface area contributed by atoms with Crippen molar-refractivity contribution in [2.24, 2.45) is 0 Å². The number of rotatable bonds is 5. The van der Waals surface area contributed by atoms with E-state index in [1.807, 2.05) is 53.4 Å². The van der Waals surface area contributed by atoms with Gasteiger partial charge < -0.3 is 19.3 Å². The third-order valence-electron chi connectivity index (χ3n) is 5.24. The van der Waals surface area contributed by atoms with Gasteiger partial charge in [-0.3, -0.25) is 4.79 Å². The molecule has 0 N–H and O–H groups in total. The Morgan fingerprint density at radius 1 is 0.903 bits per heavy atom. The highest BCUT2D eigenvalue weighted by molar-refractivity contribution is 9.10. The second-order valence-electron chi connectivity index (χ2n) is 7.08. The van der Waals surface area contributed by atoms with Gasteiger partial charge in [-0.15, -0.1) is 0 Å². The molecule has 8 heteroatoms. The molecule has 1 saturated heterocycles. The number of halogens is 1. The van der Waals surface area contributed by atoms with Crippen molar-refractivity contribution in [2.45, 2.75) is 0 Å². The summed E-state index contributed by atoms with van der Waals surface area (Å²) in [6.07, 6.45) is 0. The predicted octanol–water partition coefficient (Wildman–Crippen LogP) is 3.89. The molecule has 0 atom stereocenters. The number of aromatic nitrogens is 2. The average molecular weight is 483 g/mol. The minimum atomic E-state index is -0.0656. The Bertz CT molecular complexity index is 1080. The van der Waals surface area contributed by atoms with Crippen LogP contribution in [-0.2, 0) is 0 Å². The van der Waals surface area contributed by atoms with Crippen molar-refractivity contribution in [3.8, 4) is 22.8 Å². The summed E-state index contributed by atoms with van der Waals surface area (Å²) in [4.78, 5) is 26.2. The normalized spacial score (nSPS) is 13.8. The molecule has 2 aromatic heterocycles. The fourth-order valence-corrected chi connectivity index (χ4v) is 3.92. The lowest BCUT2D eigenvalue weighted by molar-refractivity contribution is 0.0740. The van der Waals surface area contributed by atoms with Gasteiger partial charge in [0.2, 0.25) is 0 Å². The molecule has 0 unspecified atom stereocenters. The quantitative estimate of drug-likeness (QED) is 0.514. The molecular weight excluding hydrogens is 460 g/mol. The first-order valence-electron chi connectivity index (χ1n) is 9.95.